The molecule has 0 saturated carbocycles. The molecule has 5 heteroatoms. The highest BCUT2D eigenvalue weighted by molar-refractivity contribution is 5.71. The summed E-state index contributed by atoms with van der Waals surface area (Å²) in [4.78, 5) is 22.6. The molecule has 2 aliphatic rings. The van der Waals surface area contributed by atoms with Crippen molar-refractivity contribution < 1.29 is 23.8 Å². The predicted octanol–water partition coefficient (Wildman–Crippen LogP) is 3.31. The molecule has 0 aliphatic carbocycles. The van der Waals surface area contributed by atoms with Crippen molar-refractivity contribution in [2.45, 2.75) is 89.6 Å². The number of esters is 2. The van der Waals surface area contributed by atoms with Crippen molar-refractivity contribution in [3.63, 3.8) is 0 Å². The van der Waals surface area contributed by atoms with Gasteiger partial charge in [0.1, 0.15) is 12.2 Å². The van der Waals surface area contributed by atoms with E-state index in [0.717, 1.165) is 44.9 Å². The van der Waals surface area contributed by atoms with Crippen LogP contribution in [0, 0.1) is 0 Å². The second-order valence-corrected chi connectivity index (χ2v) is 6.34. The van der Waals surface area contributed by atoms with Gasteiger partial charge in [-0.3, -0.25) is 9.59 Å². The summed E-state index contributed by atoms with van der Waals surface area (Å²) in [5, 5.41) is 0. The van der Waals surface area contributed by atoms with E-state index >= 15 is 0 Å². The van der Waals surface area contributed by atoms with Crippen LogP contribution in [0.3, 0.4) is 0 Å². The number of hydrogen-bond acceptors (Lipinski definition) is 5. The summed E-state index contributed by atoms with van der Waals surface area (Å²) >= 11 is 0. The first kappa shape index (κ1) is 18.0. The van der Waals surface area contributed by atoms with E-state index in [-0.39, 0.29) is 36.4 Å². The Morgan fingerprint density at radius 1 is 1.26 bits per heavy atom. The number of rotatable bonds is 8. The fourth-order valence-electron chi connectivity index (χ4n) is 3.24. The summed E-state index contributed by atoms with van der Waals surface area (Å²) in [6.07, 6.45) is 10.6. The molecule has 0 aromatic rings. The molecule has 2 saturated heterocycles. The van der Waals surface area contributed by atoms with E-state index in [0.29, 0.717) is 6.42 Å². The molecule has 4 atom stereocenters. The van der Waals surface area contributed by atoms with Crippen LogP contribution in [0.2, 0.25) is 0 Å². The van der Waals surface area contributed by atoms with Gasteiger partial charge in [-0.15, -0.1) is 0 Å². The number of hydrogen-bond donors (Lipinski definition) is 0. The Balaban J connectivity index is 1.83. The summed E-state index contributed by atoms with van der Waals surface area (Å²) in [5.41, 5.74) is 0. The van der Waals surface area contributed by atoms with Gasteiger partial charge in [-0.25, -0.2) is 0 Å². The molecule has 2 aliphatic heterocycles. The van der Waals surface area contributed by atoms with Crippen molar-refractivity contribution in [3.8, 4) is 0 Å². The monoisotopic (exact) mass is 324 g/mol. The summed E-state index contributed by atoms with van der Waals surface area (Å²) in [7, 11) is 0. The number of carbonyl (C=O) groups is 2. The molecule has 2 fully saturated rings. The lowest BCUT2D eigenvalue weighted by Gasteiger charge is -2.24. The minimum atomic E-state index is -0.271. The fraction of sp³-hybridized carbons (Fsp3) is 0.778. The number of allylic oxidation sites excluding steroid dienone is 2. The van der Waals surface area contributed by atoms with E-state index in [2.05, 4.69) is 19.1 Å². The summed E-state index contributed by atoms with van der Waals surface area (Å²) in [6, 6.07) is 0. The minimum Gasteiger partial charge on any atom is -0.460 e. The predicted molar refractivity (Wildman–Crippen MR) is 85.8 cm³/mol. The van der Waals surface area contributed by atoms with E-state index in [1.165, 1.54) is 6.92 Å². The van der Waals surface area contributed by atoms with Gasteiger partial charge in [-0.05, 0) is 38.5 Å². The molecule has 0 amide bonds. The average Bonchev–Trinajstić information content (AvgIpc) is 3.14. The molecular weight excluding hydrogens is 296 g/mol. The van der Waals surface area contributed by atoms with Gasteiger partial charge < -0.3 is 14.2 Å². The molecule has 130 valence electrons. The number of carbonyl (C=O) groups excluding carboxylic acids is 2. The highest BCUT2D eigenvalue weighted by Crippen LogP contribution is 2.32. The van der Waals surface area contributed by atoms with Crippen LogP contribution in [-0.4, -0.2) is 36.4 Å². The van der Waals surface area contributed by atoms with E-state index in [4.69, 9.17) is 14.2 Å². The maximum atomic E-state index is 11.4. The standard InChI is InChI=1S/C18H28O5/c1-3-4-5-6-7-8-14(21-13(2)19)15-9-10-16(22-15)17-11-12-18(20)23-17/h5-6,14-17H,3-4,7-12H2,1-2H3/t14-,15-,16+,17+/m0/s1. The Morgan fingerprint density at radius 3 is 2.70 bits per heavy atom. The second-order valence-electron chi connectivity index (χ2n) is 6.34. The van der Waals surface area contributed by atoms with E-state index in [1.54, 1.807) is 0 Å². The fourth-order valence-corrected chi connectivity index (χ4v) is 3.24. The quantitative estimate of drug-likeness (QED) is 0.506. The lowest BCUT2D eigenvalue weighted by atomic mass is 10.0. The number of unbranched alkanes of at least 4 members (excludes halogenated alkanes) is 1. The maximum absolute atomic E-state index is 11.4. The summed E-state index contributed by atoms with van der Waals surface area (Å²) in [5.74, 6) is -0.411. The number of cyclic esters (lactones) is 1. The van der Waals surface area contributed by atoms with E-state index < -0.39 is 0 Å². The van der Waals surface area contributed by atoms with Crippen molar-refractivity contribution in [2.24, 2.45) is 0 Å². The molecule has 2 heterocycles. The molecule has 2 rings (SSSR count). The first-order valence-corrected chi connectivity index (χ1v) is 8.77. The molecule has 0 unspecified atom stereocenters. The lowest BCUT2D eigenvalue weighted by molar-refractivity contribution is -0.159. The zero-order valence-corrected chi connectivity index (χ0v) is 14.2. The van der Waals surface area contributed by atoms with Crippen LogP contribution < -0.4 is 0 Å². The van der Waals surface area contributed by atoms with Crippen molar-refractivity contribution in [3.05, 3.63) is 12.2 Å². The van der Waals surface area contributed by atoms with Gasteiger partial charge in [0.25, 0.3) is 0 Å². The van der Waals surface area contributed by atoms with Crippen LogP contribution in [0.5, 0.6) is 0 Å². The largest absolute Gasteiger partial charge is 0.460 e. The molecule has 0 radical (unpaired) electrons. The average molecular weight is 324 g/mol. The van der Waals surface area contributed by atoms with Crippen molar-refractivity contribution in [1.82, 2.24) is 0 Å². The van der Waals surface area contributed by atoms with E-state index in [9.17, 15) is 9.59 Å². The molecule has 23 heavy (non-hydrogen) atoms. The van der Waals surface area contributed by atoms with Crippen LogP contribution in [0.15, 0.2) is 12.2 Å². The number of ether oxygens (including phenoxy) is 3. The molecule has 0 aromatic heterocycles. The van der Waals surface area contributed by atoms with Crippen LogP contribution in [0.4, 0.5) is 0 Å². The van der Waals surface area contributed by atoms with Crippen LogP contribution in [0.25, 0.3) is 0 Å². The first-order valence-electron chi connectivity index (χ1n) is 8.77. The van der Waals surface area contributed by atoms with Gasteiger partial charge in [0.15, 0.2) is 0 Å². The SMILES string of the molecule is CCCC=CCC[C@H](OC(C)=O)[C@@H]1CC[C@H]([C@H]2CCC(=O)O2)O1. The zero-order chi connectivity index (χ0) is 16.7. The summed E-state index contributed by atoms with van der Waals surface area (Å²) in [6.45, 7) is 3.58. The van der Waals surface area contributed by atoms with Crippen molar-refractivity contribution in [2.75, 3.05) is 0 Å². The smallest absolute Gasteiger partial charge is 0.306 e. The third kappa shape index (κ3) is 5.65. The molecule has 0 N–H and O–H groups in total. The van der Waals surface area contributed by atoms with Crippen LogP contribution in [0.1, 0.15) is 65.2 Å². The Labute approximate surface area is 138 Å². The third-order valence-corrected chi connectivity index (χ3v) is 4.39. The second kappa shape index (κ2) is 9.06. The molecule has 0 bridgehead atoms. The van der Waals surface area contributed by atoms with Crippen LogP contribution >= 0.6 is 0 Å². The molecule has 0 aromatic carbocycles. The van der Waals surface area contributed by atoms with E-state index in [1.807, 2.05) is 0 Å². The maximum Gasteiger partial charge on any atom is 0.306 e. The Bertz CT molecular complexity index is 431. The Hall–Kier alpha value is -1.36. The Kier molecular flexibility index (Phi) is 7.09. The van der Waals surface area contributed by atoms with Gasteiger partial charge in [0.2, 0.25) is 0 Å². The highest BCUT2D eigenvalue weighted by Gasteiger charge is 2.40. The lowest BCUT2D eigenvalue weighted by Crippen LogP contribution is -2.33. The Morgan fingerprint density at radius 2 is 2.04 bits per heavy atom. The van der Waals surface area contributed by atoms with Gasteiger partial charge in [-0.2, -0.15) is 0 Å². The molecular formula is C18H28O5. The van der Waals surface area contributed by atoms with Crippen molar-refractivity contribution in [1.29, 1.82) is 0 Å². The topological polar surface area (TPSA) is 61.8 Å². The van der Waals surface area contributed by atoms with Crippen LogP contribution in [-0.2, 0) is 23.8 Å². The zero-order valence-electron chi connectivity index (χ0n) is 14.2. The highest BCUT2D eigenvalue weighted by atomic mass is 16.6. The molecule has 0 spiro atoms. The normalized spacial score (nSPS) is 29.0. The van der Waals surface area contributed by atoms with Crippen molar-refractivity contribution >= 4 is 11.9 Å². The van der Waals surface area contributed by atoms with Gasteiger partial charge in [0, 0.05) is 13.3 Å². The summed E-state index contributed by atoms with van der Waals surface area (Å²) < 4.78 is 16.8. The minimum absolute atomic E-state index is 0.0554. The third-order valence-electron chi connectivity index (χ3n) is 4.39. The van der Waals surface area contributed by atoms with Gasteiger partial charge in [0.05, 0.1) is 12.2 Å². The van der Waals surface area contributed by atoms with Gasteiger partial charge in [-0.1, -0.05) is 25.5 Å². The van der Waals surface area contributed by atoms with Gasteiger partial charge >= 0.3 is 11.9 Å². The first-order chi connectivity index (χ1) is 11.1. The molecule has 5 nitrogen and oxygen atoms in total.